The fraction of sp³-hybridized carbons (Fsp3) is 0.235. The van der Waals surface area contributed by atoms with Crippen molar-refractivity contribution in [2.24, 2.45) is 0 Å². The molecule has 3 N–H and O–H groups in total. The van der Waals surface area contributed by atoms with Crippen molar-refractivity contribution in [3.63, 3.8) is 0 Å². The fourth-order valence-electron chi connectivity index (χ4n) is 2.51. The maximum Gasteiger partial charge on any atom is 0.265 e. The van der Waals surface area contributed by atoms with Crippen molar-refractivity contribution < 1.29 is 24.5 Å². The summed E-state index contributed by atoms with van der Waals surface area (Å²) in [5.74, 6) is 0.785. The second-order valence-electron chi connectivity index (χ2n) is 5.31. The van der Waals surface area contributed by atoms with Gasteiger partial charge in [-0.15, -0.1) is 0 Å². The van der Waals surface area contributed by atoms with Crippen molar-refractivity contribution in [2.45, 2.75) is 18.9 Å². The van der Waals surface area contributed by atoms with E-state index in [0.717, 1.165) is 5.56 Å². The summed E-state index contributed by atoms with van der Waals surface area (Å²) in [6.07, 6.45) is 0.522. The molecule has 0 saturated carbocycles. The molecule has 1 heterocycles. The molecule has 6 heteroatoms. The molecule has 0 radical (unpaired) electrons. The number of carbonyl (C=O) groups is 1. The van der Waals surface area contributed by atoms with E-state index >= 15 is 0 Å². The SMILES string of the molecule is COc1cc2c(cc1O)CCC(C(=O)Nc1ccc(O)cc1)O2. The van der Waals surface area contributed by atoms with E-state index in [4.69, 9.17) is 9.47 Å². The number of methoxy groups -OCH3 is 1. The lowest BCUT2D eigenvalue weighted by Gasteiger charge is -2.26. The van der Waals surface area contributed by atoms with Gasteiger partial charge in [0.05, 0.1) is 7.11 Å². The minimum atomic E-state index is -0.620. The second kappa shape index (κ2) is 6.08. The molecule has 0 aromatic heterocycles. The van der Waals surface area contributed by atoms with Gasteiger partial charge in [0, 0.05) is 11.8 Å². The van der Waals surface area contributed by atoms with Crippen LogP contribution in [0.2, 0.25) is 0 Å². The predicted octanol–water partition coefficient (Wildman–Crippen LogP) is 2.44. The van der Waals surface area contributed by atoms with Crippen LogP contribution in [0.1, 0.15) is 12.0 Å². The number of benzene rings is 2. The average Bonchev–Trinajstić information content (AvgIpc) is 2.55. The Labute approximate surface area is 133 Å². The lowest BCUT2D eigenvalue weighted by atomic mass is 10.0. The smallest absolute Gasteiger partial charge is 0.265 e. The van der Waals surface area contributed by atoms with Gasteiger partial charge < -0.3 is 25.0 Å². The Bertz CT molecular complexity index is 727. The van der Waals surface area contributed by atoms with Crippen LogP contribution >= 0.6 is 0 Å². The van der Waals surface area contributed by atoms with E-state index in [-0.39, 0.29) is 17.4 Å². The molecule has 1 atom stereocenters. The first-order valence-corrected chi connectivity index (χ1v) is 7.23. The van der Waals surface area contributed by atoms with Gasteiger partial charge in [0.2, 0.25) is 0 Å². The first-order valence-electron chi connectivity index (χ1n) is 7.23. The number of hydrogen-bond donors (Lipinski definition) is 3. The third kappa shape index (κ3) is 3.15. The Balaban J connectivity index is 1.73. The zero-order valence-electron chi connectivity index (χ0n) is 12.6. The summed E-state index contributed by atoms with van der Waals surface area (Å²) in [4.78, 5) is 12.3. The number of rotatable bonds is 3. The topological polar surface area (TPSA) is 88.0 Å². The van der Waals surface area contributed by atoms with Gasteiger partial charge in [-0.2, -0.15) is 0 Å². The van der Waals surface area contributed by atoms with E-state index in [2.05, 4.69) is 5.32 Å². The number of phenolic OH excluding ortho intramolecular Hbond substituents is 2. The number of anilines is 1. The van der Waals surface area contributed by atoms with Gasteiger partial charge in [0.25, 0.3) is 5.91 Å². The maximum atomic E-state index is 12.3. The molecule has 1 amide bonds. The third-order valence-electron chi connectivity index (χ3n) is 3.73. The number of nitrogens with one attached hydrogen (secondary N) is 1. The summed E-state index contributed by atoms with van der Waals surface area (Å²) in [6.45, 7) is 0. The highest BCUT2D eigenvalue weighted by Crippen LogP contribution is 2.37. The molecule has 0 aliphatic carbocycles. The van der Waals surface area contributed by atoms with Crippen LogP contribution in [-0.4, -0.2) is 29.3 Å². The van der Waals surface area contributed by atoms with Crippen molar-refractivity contribution in [2.75, 3.05) is 12.4 Å². The maximum absolute atomic E-state index is 12.3. The van der Waals surface area contributed by atoms with Gasteiger partial charge in [-0.05, 0) is 48.7 Å². The number of carbonyl (C=O) groups excluding carboxylic acids is 1. The Hall–Kier alpha value is -2.89. The van der Waals surface area contributed by atoms with Crippen molar-refractivity contribution in [3.05, 3.63) is 42.0 Å². The van der Waals surface area contributed by atoms with E-state index < -0.39 is 6.10 Å². The van der Waals surface area contributed by atoms with Gasteiger partial charge >= 0.3 is 0 Å². The van der Waals surface area contributed by atoms with Crippen LogP contribution in [0.5, 0.6) is 23.0 Å². The van der Waals surface area contributed by atoms with Crippen molar-refractivity contribution in [1.82, 2.24) is 0 Å². The number of amides is 1. The molecule has 0 spiro atoms. The number of phenols is 2. The monoisotopic (exact) mass is 315 g/mol. The molecular formula is C17H17NO5. The highest BCUT2D eigenvalue weighted by atomic mass is 16.5. The summed E-state index contributed by atoms with van der Waals surface area (Å²) >= 11 is 0. The number of aromatic hydroxyl groups is 2. The lowest BCUT2D eigenvalue weighted by Crippen LogP contribution is -2.35. The highest BCUT2D eigenvalue weighted by Gasteiger charge is 2.27. The molecule has 1 aliphatic rings. The van der Waals surface area contributed by atoms with E-state index in [0.29, 0.717) is 30.0 Å². The number of fused-ring (bicyclic) bond motifs is 1. The predicted molar refractivity (Wildman–Crippen MR) is 84.1 cm³/mol. The van der Waals surface area contributed by atoms with Crippen molar-refractivity contribution >= 4 is 11.6 Å². The standard InChI is InChI=1S/C17H17NO5/c1-22-16-9-15-10(8-13(16)20)2-7-14(23-15)17(21)18-11-3-5-12(19)6-4-11/h3-6,8-9,14,19-20H,2,7H2,1H3,(H,18,21). The fourth-order valence-corrected chi connectivity index (χ4v) is 2.51. The molecule has 23 heavy (non-hydrogen) atoms. The van der Waals surface area contributed by atoms with Crippen LogP contribution in [0.4, 0.5) is 5.69 Å². The van der Waals surface area contributed by atoms with E-state index in [9.17, 15) is 15.0 Å². The Kier molecular flexibility index (Phi) is 3.97. The molecule has 1 unspecified atom stereocenters. The minimum Gasteiger partial charge on any atom is -0.508 e. The van der Waals surface area contributed by atoms with E-state index in [1.54, 1.807) is 24.3 Å². The Morgan fingerprint density at radius 2 is 2.00 bits per heavy atom. The van der Waals surface area contributed by atoms with Gasteiger partial charge in [-0.3, -0.25) is 4.79 Å². The summed E-state index contributed by atoms with van der Waals surface area (Å²) in [6, 6.07) is 9.42. The summed E-state index contributed by atoms with van der Waals surface area (Å²) < 4.78 is 10.8. The molecule has 1 aliphatic heterocycles. The van der Waals surface area contributed by atoms with E-state index in [1.807, 2.05) is 0 Å². The van der Waals surface area contributed by atoms with Gasteiger partial charge in [-0.25, -0.2) is 0 Å². The Morgan fingerprint density at radius 1 is 1.26 bits per heavy atom. The second-order valence-corrected chi connectivity index (χ2v) is 5.31. The molecule has 2 aromatic rings. The first kappa shape index (κ1) is 15.0. The Morgan fingerprint density at radius 3 is 2.70 bits per heavy atom. The molecule has 2 aromatic carbocycles. The van der Waals surface area contributed by atoms with Crippen molar-refractivity contribution in [1.29, 1.82) is 0 Å². The molecule has 6 nitrogen and oxygen atoms in total. The number of aryl methyl sites for hydroxylation is 1. The van der Waals surface area contributed by atoms with E-state index in [1.165, 1.54) is 19.2 Å². The van der Waals surface area contributed by atoms with Crippen LogP contribution in [0.25, 0.3) is 0 Å². The zero-order chi connectivity index (χ0) is 16.4. The first-order chi connectivity index (χ1) is 11.1. The van der Waals surface area contributed by atoms with Gasteiger partial charge in [-0.1, -0.05) is 0 Å². The summed E-state index contributed by atoms with van der Waals surface area (Å²) in [7, 11) is 1.46. The summed E-state index contributed by atoms with van der Waals surface area (Å²) in [5.41, 5.74) is 1.43. The zero-order valence-corrected chi connectivity index (χ0v) is 12.6. The van der Waals surface area contributed by atoms with Crippen LogP contribution in [0.15, 0.2) is 36.4 Å². The van der Waals surface area contributed by atoms with Crippen LogP contribution in [-0.2, 0) is 11.2 Å². The molecular weight excluding hydrogens is 298 g/mol. The van der Waals surface area contributed by atoms with Crippen LogP contribution in [0.3, 0.4) is 0 Å². The van der Waals surface area contributed by atoms with Gasteiger partial charge in [0.1, 0.15) is 11.5 Å². The largest absolute Gasteiger partial charge is 0.508 e. The third-order valence-corrected chi connectivity index (χ3v) is 3.73. The quantitative estimate of drug-likeness (QED) is 0.757. The highest BCUT2D eigenvalue weighted by molar-refractivity contribution is 5.94. The molecule has 0 bridgehead atoms. The van der Waals surface area contributed by atoms with Crippen LogP contribution < -0.4 is 14.8 Å². The lowest BCUT2D eigenvalue weighted by molar-refractivity contribution is -0.123. The number of ether oxygens (including phenoxy) is 2. The number of hydrogen-bond acceptors (Lipinski definition) is 5. The summed E-state index contributed by atoms with van der Waals surface area (Å²) in [5, 5.41) is 21.8. The molecule has 0 saturated heterocycles. The molecule has 0 fully saturated rings. The van der Waals surface area contributed by atoms with Gasteiger partial charge in [0.15, 0.2) is 17.6 Å². The minimum absolute atomic E-state index is 0.0573. The molecule has 3 rings (SSSR count). The average molecular weight is 315 g/mol. The normalized spacial score (nSPS) is 16.1. The molecule has 120 valence electrons. The van der Waals surface area contributed by atoms with Crippen molar-refractivity contribution in [3.8, 4) is 23.0 Å². The van der Waals surface area contributed by atoms with Crippen LogP contribution in [0, 0.1) is 0 Å².